The predicted octanol–water partition coefficient (Wildman–Crippen LogP) is 1.49. The molecule has 0 spiro atoms. The molecule has 8 heteroatoms. The first-order valence-corrected chi connectivity index (χ1v) is 10.3. The van der Waals surface area contributed by atoms with Crippen LogP contribution in [0.5, 0.6) is 0 Å². The highest BCUT2D eigenvalue weighted by molar-refractivity contribution is 7.87. The van der Waals surface area contributed by atoms with Gasteiger partial charge in [-0.2, -0.15) is 17.4 Å². The molecule has 1 aliphatic rings. The van der Waals surface area contributed by atoms with Gasteiger partial charge in [0, 0.05) is 44.0 Å². The third-order valence-electron chi connectivity index (χ3n) is 4.37. The fraction of sp³-hybridized carbons (Fsp3) is 0.316. The van der Waals surface area contributed by atoms with Crippen LogP contribution in [0.25, 0.3) is 0 Å². The number of hydrogen-bond acceptors (Lipinski definition) is 4. The molecule has 27 heavy (non-hydrogen) atoms. The van der Waals surface area contributed by atoms with Crippen LogP contribution in [0.3, 0.4) is 0 Å². The summed E-state index contributed by atoms with van der Waals surface area (Å²) < 4.78 is 28.8. The van der Waals surface area contributed by atoms with Crippen LogP contribution in [0.4, 0.5) is 5.69 Å². The zero-order valence-electron chi connectivity index (χ0n) is 15.2. The molecule has 0 radical (unpaired) electrons. The second-order valence-electron chi connectivity index (χ2n) is 6.50. The van der Waals surface area contributed by atoms with Gasteiger partial charge in [0.2, 0.25) is 0 Å². The Kier molecular flexibility index (Phi) is 6.22. The average molecular weight is 388 g/mol. The molecule has 0 saturated carbocycles. The van der Waals surface area contributed by atoms with Crippen molar-refractivity contribution in [3.05, 3.63) is 65.2 Å². The summed E-state index contributed by atoms with van der Waals surface area (Å²) in [4.78, 5) is 12.3. The van der Waals surface area contributed by atoms with E-state index in [0.717, 1.165) is 11.1 Å². The number of aryl methyl sites for hydroxylation is 1. The maximum Gasteiger partial charge on any atom is 0.279 e. The monoisotopic (exact) mass is 388 g/mol. The Morgan fingerprint density at radius 3 is 2.52 bits per heavy atom. The van der Waals surface area contributed by atoms with Crippen molar-refractivity contribution < 1.29 is 13.2 Å². The Bertz CT molecular complexity index is 891. The molecule has 1 saturated heterocycles. The van der Waals surface area contributed by atoms with E-state index >= 15 is 0 Å². The Labute approximate surface area is 160 Å². The molecule has 0 bridgehead atoms. The van der Waals surface area contributed by atoms with Gasteiger partial charge < -0.3 is 10.6 Å². The van der Waals surface area contributed by atoms with Gasteiger partial charge in [-0.05, 0) is 36.8 Å². The van der Waals surface area contributed by atoms with E-state index in [9.17, 15) is 13.2 Å². The summed E-state index contributed by atoms with van der Waals surface area (Å²) in [5.41, 5.74) is 3.06. The van der Waals surface area contributed by atoms with E-state index in [1.54, 1.807) is 30.3 Å². The fourth-order valence-electron chi connectivity index (χ4n) is 2.82. The topological polar surface area (TPSA) is 90.5 Å². The number of amides is 1. The summed E-state index contributed by atoms with van der Waals surface area (Å²) in [6, 6.07) is 14.5. The number of piperazine rings is 1. The van der Waals surface area contributed by atoms with Crippen LogP contribution in [0.2, 0.25) is 0 Å². The minimum atomic E-state index is -3.51. The second kappa shape index (κ2) is 8.62. The molecule has 1 heterocycles. The van der Waals surface area contributed by atoms with Crippen LogP contribution in [0.1, 0.15) is 21.5 Å². The first kappa shape index (κ1) is 19.5. The number of anilines is 1. The van der Waals surface area contributed by atoms with Crippen LogP contribution in [0, 0.1) is 6.92 Å². The van der Waals surface area contributed by atoms with Gasteiger partial charge in [-0.3, -0.25) is 4.79 Å². The van der Waals surface area contributed by atoms with E-state index in [2.05, 4.69) is 15.4 Å². The van der Waals surface area contributed by atoms with Gasteiger partial charge in [0.05, 0.1) is 0 Å². The zero-order chi connectivity index (χ0) is 19.3. The normalized spacial score (nSPS) is 15.4. The quantitative estimate of drug-likeness (QED) is 0.699. The number of carbonyl (C=O) groups is 1. The summed E-state index contributed by atoms with van der Waals surface area (Å²) in [7, 11) is -3.51. The standard InChI is InChI=1S/C19H24N4O3S/c1-15-5-7-17(8-6-15)19(24)22-18-4-2-3-16(13-18)14-21-27(25,26)23-11-9-20-10-12-23/h2-8,13,20-21H,9-12,14H2,1H3,(H,22,24). The predicted molar refractivity (Wildman–Crippen MR) is 106 cm³/mol. The number of carbonyl (C=O) groups excluding carboxylic acids is 1. The van der Waals surface area contributed by atoms with E-state index < -0.39 is 10.2 Å². The van der Waals surface area contributed by atoms with Crippen molar-refractivity contribution in [3.8, 4) is 0 Å². The molecule has 0 unspecified atom stereocenters. The highest BCUT2D eigenvalue weighted by Crippen LogP contribution is 2.13. The van der Waals surface area contributed by atoms with Crippen molar-refractivity contribution in [3.63, 3.8) is 0 Å². The van der Waals surface area contributed by atoms with Crippen LogP contribution < -0.4 is 15.4 Å². The van der Waals surface area contributed by atoms with Crippen molar-refractivity contribution in [1.29, 1.82) is 0 Å². The first-order valence-electron chi connectivity index (χ1n) is 8.86. The largest absolute Gasteiger partial charge is 0.322 e. The van der Waals surface area contributed by atoms with Crippen LogP contribution in [0.15, 0.2) is 48.5 Å². The number of nitrogens with one attached hydrogen (secondary N) is 3. The maximum absolute atomic E-state index is 12.4. The smallest absolute Gasteiger partial charge is 0.279 e. The second-order valence-corrected chi connectivity index (χ2v) is 8.25. The molecule has 3 N–H and O–H groups in total. The molecule has 0 aliphatic carbocycles. The molecule has 0 aromatic heterocycles. The lowest BCUT2D eigenvalue weighted by Gasteiger charge is -2.26. The van der Waals surface area contributed by atoms with Gasteiger partial charge in [0.15, 0.2) is 0 Å². The summed E-state index contributed by atoms with van der Waals surface area (Å²) in [5.74, 6) is -0.200. The van der Waals surface area contributed by atoms with Crippen molar-refractivity contribution in [1.82, 2.24) is 14.3 Å². The molecule has 3 rings (SSSR count). The highest BCUT2D eigenvalue weighted by Gasteiger charge is 2.23. The lowest BCUT2D eigenvalue weighted by molar-refractivity contribution is 0.102. The first-order chi connectivity index (χ1) is 12.9. The Balaban J connectivity index is 1.61. The number of rotatable bonds is 6. The lowest BCUT2D eigenvalue weighted by atomic mass is 10.1. The molecule has 2 aromatic carbocycles. The van der Waals surface area contributed by atoms with Crippen molar-refractivity contribution >= 4 is 21.8 Å². The Morgan fingerprint density at radius 2 is 1.81 bits per heavy atom. The van der Waals surface area contributed by atoms with Crippen molar-refractivity contribution in [2.75, 3.05) is 31.5 Å². The summed E-state index contributed by atoms with van der Waals surface area (Å²) in [6.45, 7) is 4.36. The van der Waals surface area contributed by atoms with Crippen molar-refractivity contribution in [2.24, 2.45) is 0 Å². The van der Waals surface area contributed by atoms with Gasteiger partial charge >= 0.3 is 0 Å². The van der Waals surface area contributed by atoms with Gasteiger partial charge in [-0.25, -0.2) is 0 Å². The van der Waals surface area contributed by atoms with Gasteiger partial charge in [0.25, 0.3) is 16.1 Å². The van der Waals surface area contributed by atoms with Crippen LogP contribution in [-0.4, -0.2) is 44.8 Å². The van der Waals surface area contributed by atoms with Gasteiger partial charge in [-0.1, -0.05) is 29.8 Å². The number of hydrogen-bond donors (Lipinski definition) is 3. The average Bonchev–Trinajstić information content (AvgIpc) is 2.68. The molecular formula is C19H24N4O3S. The molecule has 1 aliphatic heterocycles. The lowest BCUT2D eigenvalue weighted by Crippen LogP contribution is -2.50. The van der Waals surface area contributed by atoms with Crippen LogP contribution in [-0.2, 0) is 16.8 Å². The molecule has 7 nitrogen and oxygen atoms in total. The molecule has 144 valence electrons. The van der Waals surface area contributed by atoms with E-state index in [1.807, 2.05) is 25.1 Å². The van der Waals surface area contributed by atoms with Gasteiger partial charge in [-0.15, -0.1) is 0 Å². The Morgan fingerprint density at radius 1 is 1.11 bits per heavy atom. The molecule has 2 aromatic rings. The molecule has 1 fully saturated rings. The third kappa shape index (κ3) is 5.36. The number of nitrogens with zero attached hydrogens (tertiary/aromatic N) is 1. The number of benzene rings is 2. The molecule has 0 atom stereocenters. The van der Waals surface area contributed by atoms with Crippen LogP contribution >= 0.6 is 0 Å². The SMILES string of the molecule is Cc1ccc(C(=O)Nc2cccc(CNS(=O)(=O)N3CCNCC3)c2)cc1. The highest BCUT2D eigenvalue weighted by atomic mass is 32.2. The van der Waals surface area contributed by atoms with E-state index in [1.165, 1.54) is 4.31 Å². The summed E-state index contributed by atoms with van der Waals surface area (Å²) in [5, 5.41) is 5.97. The summed E-state index contributed by atoms with van der Waals surface area (Å²) in [6.07, 6.45) is 0. The summed E-state index contributed by atoms with van der Waals surface area (Å²) >= 11 is 0. The van der Waals surface area contributed by atoms with Gasteiger partial charge in [0.1, 0.15) is 0 Å². The Hall–Kier alpha value is -2.26. The maximum atomic E-state index is 12.4. The third-order valence-corrected chi connectivity index (χ3v) is 5.93. The van der Waals surface area contributed by atoms with E-state index in [-0.39, 0.29) is 12.5 Å². The molecule has 1 amide bonds. The minimum absolute atomic E-state index is 0.167. The fourth-order valence-corrected chi connectivity index (χ4v) is 4.01. The molecular weight excluding hydrogens is 364 g/mol. The van der Waals surface area contributed by atoms with Crippen molar-refractivity contribution in [2.45, 2.75) is 13.5 Å². The van der Waals surface area contributed by atoms with E-state index in [4.69, 9.17) is 0 Å². The van der Waals surface area contributed by atoms with E-state index in [0.29, 0.717) is 37.4 Å². The zero-order valence-corrected chi connectivity index (χ0v) is 16.1. The minimum Gasteiger partial charge on any atom is -0.322 e.